The van der Waals surface area contributed by atoms with Crippen LogP contribution in [-0.2, 0) is 6.54 Å². The first-order valence-corrected chi connectivity index (χ1v) is 8.45. The molecule has 0 unspecified atom stereocenters. The summed E-state index contributed by atoms with van der Waals surface area (Å²) in [6, 6.07) is 11.7. The summed E-state index contributed by atoms with van der Waals surface area (Å²) in [6.07, 6.45) is 1.63. The highest BCUT2D eigenvalue weighted by atomic mass is 35.5. The maximum atomic E-state index is 12.8. The molecule has 1 aromatic carbocycles. The van der Waals surface area contributed by atoms with Crippen molar-refractivity contribution in [2.75, 3.05) is 6.54 Å². The predicted molar refractivity (Wildman–Crippen MR) is 96.8 cm³/mol. The van der Waals surface area contributed by atoms with Gasteiger partial charge in [-0.1, -0.05) is 29.8 Å². The van der Waals surface area contributed by atoms with E-state index in [1.165, 1.54) is 17.4 Å². The lowest BCUT2D eigenvalue weighted by Crippen LogP contribution is -2.31. The van der Waals surface area contributed by atoms with E-state index in [2.05, 4.69) is 6.58 Å². The smallest absolute Gasteiger partial charge is 0.290 e. The molecule has 2 aromatic heterocycles. The molecule has 122 valence electrons. The molecule has 2 heterocycles. The van der Waals surface area contributed by atoms with Gasteiger partial charge in [-0.3, -0.25) is 9.59 Å². The number of carbonyl (C=O) groups is 1. The number of nitrogens with zero attached hydrogens (tertiary/aromatic N) is 1. The van der Waals surface area contributed by atoms with Gasteiger partial charge in [0.2, 0.25) is 0 Å². The van der Waals surface area contributed by atoms with Gasteiger partial charge in [0.15, 0.2) is 11.2 Å². The van der Waals surface area contributed by atoms with E-state index >= 15 is 0 Å². The van der Waals surface area contributed by atoms with Crippen LogP contribution in [0.25, 0.3) is 11.0 Å². The number of hydrogen-bond acceptors (Lipinski definition) is 4. The van der Waals surface area contributed by atoms with Crippen LogP contribution in [0, 0.1) is 0 Å². The molecule has 0 saturated carbocycles. The molecule has 3 rings (SSSR count). The first-order valence-electron chi connectivity index (χ1n) is 7.26. The minimum absolute atomic E-state index is 0.0169. The molecule has 0 saturated heterocycles. The van der Waals surface area contributed by atoms with Gasteiger partial charge in [0.25, 0.3) is 5.91 Å². The lowest BCUT2D eigenvalue weighted by molar-refractivity contribution is 0.0733. The van der Waals surface area contributed by atoms with Gasteiger partial charge in [0.1, 0.15) is 5.58 Å². The van der Waals surface area contributed by atoms with Crippen LogP contribution in [0.2, 0.25) is 4.34 Å². The summed E-state index contributed by atoms with van der Waals surface area (Å²) in [6.45, 7) is 4.39. The minimum Gasteiger partial charge on any atom is -0.451 e. The molecule has 24 heavy (non-hydrogen) atoms. The normalized spacial score (nSPS) is 10.7. The Balaban J connectivity index is 1.95. The first-order chi connectivity index (χ1) is 11.6. The van der Waals surface area contributed by atoms with Crippen LogP contribution in [0.4, 0.5) is 0 Å². The molecule has 0 bridgehead atoms. The largest absolute Gasteiger partial charge is 0.451 e. The van der Waals surface area contributed by atoms with Gasteiger partial charge in [-0.2, -0.15) is 0 Å². The summed E-state index contributed by atoms with van der Waals surface area (Å²) in [5.74, 6) is -0.342. The summed E-state index contributed by atoms with van der Waals surface area (Å²) < 4.78 is 6.29. The quantitative estimate of drug-likeness (QED) is 0.637. The molecule has 0 fully saturated rings. The average molecular weight is 360 g/mol. The molecular formula is C18H14ClNO3S. The van der Waals surface area contributed by atoms with E-state index in [0.717, 1.165) is 4.88 Å². The fourth-order valence-electron chi connectivity index (χ4n) is 2.37. The second-order valence-corrected chi connectivity index (χ2v) is 6.95. The van der Waals surface area contributed by atoms with E-state index in [0.29, 0.717) is 28.4 Å². The molecule has 0 aliphatic rings. The highest BCUT2D eigenvalue weighted by Gasteiger charge is 2.19. The van der Waals surface area contributed by atoms with E-state index in [9.17, 15) is 9.59 Å². The fourth-order valence-corrected chi connectivity index (χ4v) is 3.47. The topological polar surface area (TPSA) is 50.5 Å². The summed E-state index contributed by atoms with van der Waals surface area (Å²) in [5.41, 5.74) is 0.156. The number of para-hydroxylation sites is 1. The van der Waals surface area contributed by atoms with Crippen molar-refractivity contribution in [3.8, 4) is 0 Å². The Morgan fingerprint density at radius 3 is 2.79 bits per heavy atom. The second-order valence-electron chi connectivity index (χ2n) is 5.15. The molecular weight excluding hydrogens is 346 g/mol. The van der Waals surface area contributed by atoms with Crippen LogP contribution < -0.4 is 5.43 Å². The number of carbonyl (C=O) groups excluding carboxylic acids is 1. The molecule has 0 aliphatic carbocycles. The Morgan fingerprint density at radius 1 is 1.29 bits per heavy atom. The summed E-state index contributed by atoms with van der Waals surface area (Å²) in [5, 5.41) is 0.453. The van der Waals surface area contributed by atoms with Crippen molar-refractivity contribution in [3.63, 3.8) is 0 Å². The Morgan fingerprint density at radius 2 is 2.08 bits per heavy atom. The summed E-state index contributed by atoms with van der Waals surface area (Å²) in [4.78, 5) is 27.4. The Hall–Kier alpha value is -2.37. The number of hydrogen-bond donors (Lipinski definition) is 0. The van der Waals surface area contributed by atoms with Crippen molar-refractivity contribution >= 4 is 39.8 Å². The molecule has 1 amide bonds. The SMILES string of the molecule is C=CCN(Cc1ccc(Cl)s1)C(=O)c1cc(=O)c2ccccc2o1. The third-order valence-electron chi connectivity index (χ3n) is 3.46. The molecule has 0 N–H and O–H groups in total. The molecule has 0 spiro atoms. The summed E-state index contributed by atoms with van der Waals surface area (Å²) >= 11 is 7.34. The molecule has 0 atom stereocenters. The maximum absolute atomic E-state index is 12.8. The third-order valence-corrected chi connectivity index (χ3v) is 4.67. The van der Waals surface area contributed by atoms with Gasteiger partial charge < -0.3 is 9.32 Å². The van der Waals surface area contributed by atoms with Crippen molar-refractivity contribution in [3.05, 3.63) is 80.3 Å². The van der Waals surface area contributed by atoms with Crippen LogP contribution in [-0.4, -0.2) is 17.4 Å². The van der Waals surface area contributed by atoms with Crippen LogP contribution in [0.5, 0.6) is 0 Å². The van der Waals surface area contributed by atoms with Crippen LogP contribution in [0.3, 0.4) is 0 Å². The van der Waals surface area contributed by atoms with Gasteiger partial charge in [-0.15, -0.1) is 17.9 Å². The monoisotopic (exact) mass is 359 g/mol. The number of rotatable bonds is 5. The van der Waals surface area contributed by atoms with Crippen LogP contribution in [0.15, 0.2) is 64.3 Å². The van der Waals surface area contributed by atoms with Gasteiger partial charge in [-0.25, -0.2) is 0 Å². The van der Waals surface area contributed by atoms with Crippen LogP contribution >= 0.6 is 22.9 Å². The van der Waals surface area contributed by atoms with Gasteiger partial charge in [-0.05, 0) is 24.3 Å². The lowest BCUT2D eigenvalue weighted by atomic mass is 10.2. The molecule has 6 heteroatoms. The van der Waals surface area contributed by atoms with Crippen molar-refractivity contribution in [1.29, 1.82) is 0 Å². The first kappa shape index (κ1) is 16.5. The van der Waals surface area contributed by atoms with E-state index < -0.39 is 0 Å². The number of benzene rings is 1. The van der Waals surface area contributed by atoms with Crippen molar-refractivity contribution < 1.29 is 9.21 Å². The fraction of sp³-hybridized carbons (Fsp3) is 0.111. The molecule has 4 nitrogen and oxygen atoms in total. The highest BCUT2D eigenvalue weighted by molar-refractivity contribution is 7.16. The zero-order chi connectivity index (χ0) is 17.1. The predicted octanol–water partition coefficient (Wildman–Crippen LogP) is 4.34. The standard InChI is InChI=1S/C18H14ClNO3S/c1-2-9-20(11-12-7-8-17(19)24-12)18(22)16-10-14(21)13-5-3-4-6-15(13)23-16/h2-8,10H,1,9,11H2. The highest BCUT2D eigenvalue weighted by Crippen LogP contribution is 2.23. The number of thiophene rings is 1. The lowest BCUT2D eigenvalue weighted by Gasteiger charge is -2.19. The zero-order valence-corrected chi connectivity index (χ0v) is 14.3. The molecule has 3 aromatic rings. The molecule has 0 aliphatic heterocycles. The van der Waals surface area contributed by atoms with Gasteiger partial charge >= 0.3 is 0 Å². The number of amides is 1. The average Bonchev–Trinajstić information content (AvgIpc) is 2.99. The van der Waals surface area contributed by atoms with Gasteiger partial charge in [0.05, 0.1) is 16.3 Å². The third kappa shape index (κ3) is 3.42. The molecule has 0 radical (unpaired) electrons. The van der Waals surface area contributed by atoms with Crippen molar-refractivity contribution in [2.45, 2.75) is 6.54 Å². The van der Waals surface area contributed by atoms with Crippen molar-refractivity contribution in [2.24, 2.45) is 0 Å². The Bertz CT molecular complexity index is 960. The van der Waals surface area contributed by atoms with Gasteiger partial charge in [0, 0.05) is 17.5 Å². The maximum Gasteiger partial charge on any atom is 0.290 e. The summed E-state index contributed by atoms with van der Waals surface area (Å²) in [7, 11) is 0. The van der Waals surface area contributed by atoms with E-state index in [-0.39, 0.29) is 17.1 Å². The van der Waals surface area contributed by atoms with Crippen molar-refractivity contribution in [1.82, 2.24) is 4.90 Å². The zero-order valence-electron chi connectivity index (χ0n) is 12.7. The van der Waals surface area contributed by atoms with E-state index in [1.54, 1.807) is 41.3 Å². The van der Waals surface area contributed by atoms with E-state index in [1.807, 2.05) is 6.07 Å². The number of halogens is 1. The second kappa shape index (κ2) is 7.03. The van der Waals surface area contributed by atoms with Crippen LogP contribution in [0.1, 0.15) is 15.4 Å². The minimum atomic E-state index is -0.359. The number of fused-ring (bicyclic) bond motifs is 1. The Kier molecular flexibility index (Phi) is 4.83. The van der Waals surface area contributed by atoms with E-state index in [4.69, 9.17) is 16.0 Å². The Labute approximate surface area is 147 Å².